The predicted octanol–water partition coefficient (Wildman–Crippen LogP) is -0.275. The maximum atomic E-state index is 12.1. The van der Waals surface area contributed by atoms with E-state index in [1.165, 1.54) is 0 Å². The molecule has 0 saturated carbocycles. The van der Waals surface area contributed by atoms with Crippen LogP contribution in [0.5, 0.6) is 0 Å². The molecular formula is C15H23NO8. The van der Waals surface area contributed by atoms with Crippen molar-refractivity contribution in [3.8, 4) is 0 Å². The molecule has 0 aromatic rings. The number of nitrogens with one attached hydrogen (secondary N) is 1. The van der Waals surface area contributed by atoms with Gasteiger partial charge in [0.05, 0.1) is 38.1 Å². The minimum atomic E-state index is -1.58. The number of carbonyl (C=O) groups excluding carboxylic acids is 3. The lowest BCUT2D eigenvalue weighted by molar-refractivity contribution is -0.160. The molecule has 0 radical (unpaired) electrons. The smallest absolute Gasteiger partial charge is 0.327 e. The van der Waals surface area contributed by atoms with Crippen molar-refractivity contribution >= 4 is 23.8 Å². The number of amides is 1. The molecule has 1 saturated heterocycles. The Kier molecular flexibility index (Phi) is 8.17. The number of hydrogen-bond acceptors (Lipinski definition) is 7. The van der Waals surface area contributed by atoms with Gasteiger partial charge in [-0.25, -0.2) is 4.79 Å². The molecule has 1 rings (SSSR count). The summed E-state index contributed by atoms with van der Waals surface area (Å²) >= 11 is 0. The summed E-state index contributed by atoms with van der Waals surface area (Å²) in [5, 5.41) is 11.7. The molecule has 0 unspecified atom stereocenters. The third kappa shape index (κ3) is 5.80. The van der Waals surface area contributed by atoms with Crippen molar-refractivity contribution in [3.05, 3.63) is 0 Å². The van der Waals surface area contributed by atoms with Gasteiger partial charge in [-0.3, -0.25) is 14.4 Å². The average Bonchev–Trinajstić information content (AvgIpc) is 3.05. The number of carboxylic acid groups (broad SMARTS) is 1. The summed E-state index contributed by atoms with van der Waals surface area (Å²) in [5.41, 5.74) is 0. The SMILES string of the molecule is CCOC(=O)C[C@H](C(=O)OCC)[C@H](NC(=O)[C@H]1CCOC1)C(=O)O. The van der Waals surface area contributed by atoms with Gasteiger partial charge in [-0.05, 0) is 20.3 Å². The number of carboxylic acids is 1. The summed E-state index contributed by atoms with van der Waals surface area (Å²) in [7, 11) is 0. The van der Waals surface area contributed by atoms with E-state index in [9.17, 15) is 24.3 Å². The van der Waals surface area contributed by atoms with Crippen LogP contribution in [-0.2, 0) is 33.4 Å². The van der Waals surface area contributed by atoms with Crippen molar-refractivity contribution in [1.29, 1.82) is 0 Å². The Hall–Kier alpha value is -2.16. The molecule has 0 aliphatic carbocycles. The third-order valence-corrected chi connectivity index (χ3v) is 3.55. The Bertz CT molecular complexity index is 472. The normalized spacial score (nSPS) is 19.2. The molecule has 1 heterocycles. The second kappa shape index (κ2) is 9.86. The highest BCUT2D eigenvalue weighted by molar-refractivity contribution is 5.91. The van der Waals surface area contributed by atoms with Gasteiger partial charge in [0, 0.05) is 6.61 Å². The lowest BCUT2D eigenvalue weighted by Crippen LogP contribution is -2.51. The molecule has 0 spiro atoms. The maximum Gasteiger partial charge on any atom is 0.327 e. The van der Waals surface area contributed by atoms with Gasteiger partial charge in [0.2, 0.25) is 5.91 Å². The standard InChI is InChI=1S/C15H23NO8/c1-3-23-11(17)7-10(15(21)24-4-2)12(14(19)20)16-13(18)9-5-6-22-8-9/h9-10,12H,3-8H2,1-2H3,(H,16,18)(H,19,20)/t9-,10-,12-/m0/s1. The highest BCUT2D eigenvalue weighted by Crippen LogP contribution is 2.17. The largest absolute Gasteiger partial charge is 0.480 e. The minimum absolute atomic E-state index is 0.0227. The van der Waals surface area contributed by atoms with E-state index < -0.39 is 48.1 Å². The Morgan fingerprint density at radius 3 is 2.38 bits per heavy atom. The molecule has 1 aliphatic rings. The first-order valence-corrected chi connectivity index (χ1v) is 7.83. The van der Waals surface area contributed by atoms with Crippen LogP contribution in [0.1, 0.15) is 26.7 Å². The van der Waals surface area contributed by atoms with E-state index in [1.54, 1.807) is 13.8 Å². The van der Waals surface area contributed by atoms with Crippen molar-refractivity contribution in [3.63, 3.8) is 0 Å². The number of hydrogen-bond donors (Lipinski definition) is 2. The van der Waals surface area contributed by atoms with Gasteiger partial charge < -0.3 is 24.6 Å². The summed E-state index contributed by atoms with van der Waals surface area (Å²) in [5.74, 6) is -5.41. The zero-order valence-electron chi connectivity index (χ0n) is 13.8. The van der Waals surface area contributed by atoms with Crippen LogP contribution in [-0.4, -0.2) is 61.4 Å². The Morgan fingerprint density at radius 2 is 1.88 bits per heavy atom. The molecule has 9 nitrogen and oxygen atoms in total. The van der Waals surface area contributed by atoms with Gasteiger partial charge in [-0.1, -0.05) is 0 Å². The van der Waals surface area contributed by atoms with E-state index in [4.69, 9.17) is 14.2 Å². The fraction of sp³-hybridized carbons (Fsp3) is 0.733. The summed E-state index contributed by atoms with van der Waals surface area (Å²) in [4.78, 5) is 47.4. The number of rotatable bonds is 9. The van der Waals surface area contributed by atoms with Crippen LogP contribution in [0.15, 0.2) is 0 Å². The Labute approximate surface area is 139 Å². The number of esters is 2. The van der Waals surface area contributed by atoms with Crippen molar-refractivity contribution in [2.75, 3.05) is 26.4 Å². The van der Waals surface area contributed by atoms with Gasteiger partial charge >= 0.3 is 17.9 Å². The third-order valence-electron chi connectivity index (χ3n) is 3.55. The molecule has 136 valence electrons. The quantitative estimate of drug-likeness (QED) is 0.546. The van der Waals surface area contributed by atoms with Crippen LogP contribution in [0.3, 0.4) is 0 Å². The molecular weight excluding hydrogens is 322 g/mol. The highest BCUT2D eigenvalue weighted by atomic mass is 16.5. The minimum Gasteiger partial charge on any atom is -0.480 e. The van der Waals surface area contributed by atoms with Crippen molar-refractivity contribution in [2.24, 2.45) is 11.8 Å². The molecule has 1 aliphatic heterocycles. The summed E-state index contributed by atoms with van der Waals surface area (Å²) in [6.07, 6.45) is -0.0226. The highest BCUT2D eigenvalue weighted by Gasteiger charge is 2.39. The lowest BCUT2D eigenvalue weighted by Gasteiger charge is -2.23. The van der Waals surface area contributed by atoms with Gasteiger partial charge in [0.25, 0.3) is 0 Å². The van der Waals surface area contributed by atoms with Gasteiger partial charge in [0.15, 0.2) is 0 Å². The first kappa shape index (κ1) is 19.9. The molecule has 0 aromatic heterocycles. The van der Waals surface area contributed by atoms with Crippen molar-refractivity contribution in [1.82, 2.24) is 5.32 Å². The second-order valence-electron chi connectivity index (χ2n) is 5.25. The summed E-state index contributed by atoms with van der Waals surface area (Å²) in [6, 6.07) is -1.58. The zero-order valence-corrected chi connectivity index (χ0v) is 13.8. The lowest BCUT2D eigenvalue weighted by atomic mass is 9.95. The Balaban J connectivity index is 2.89. The van der Waals surface area contributed by atoms with Crippen molar-refractivity contribution in [2.45, 2.75) is 32.7 Å². The van der Waals surface area contributed by atoms with E-state index >= 15 is 0 Å². The molecule has 0 aromatic carbocycles. The van der Waals surface area contributed by atoms with E-state index in [1.807, 2.05) is 0 Å². The monoisotopic (exact) mass is 345 g/mol. The van der Waals surface area contributed by atoms with Crippen LogP contribution in [0.2, 0.25) is 0 Å². The molecule has 0 bridgehead atoms. The number of carbonyl (C=O) groups is 4. The number of ether oxygens (including phenoxy) is 3. The number of aliphatic carboxylic acids is 1. The van der Waals surface area contributed by atoms with Crippen LogP contribution in [0, 0.1) is 11.8 Å². The first-order valence-electron chi connectivity index (χ1n) is 7.83. The second-order valence-corrected chi connectivity index (χ2v) is 5.25. The molecule has 1 fully saturated rings. The zero-order chi connectivity index (χ0) is 18.1. The van der Waals surface area contributed by atoms with Gasteiger partial charge in [-0.15, -0.1) is 0 Å². The van der Waals surface area contributed by atoms with Crippen LogP contribution in [0.4, 0.5) is 0 Å². The van der Waals surface area contributed by atoms with E-state index in [-0.39, 0.29) is 19.8 Å². The average molecular weight is 345 g/mol. The summed E-state index contributed by atoms with van der Waals surface area (Å²) < 4.78 is 14.7. The molecule has 24 heavy (non-hydrogen) atoms. The van der Waals surface area contributed by atoms with Crippen LogP contribution >= 0.6 is 0 Å². The maximum absolute atomic E-state index is 12.1. The van der Waals surface area contributed by atoms with Crippen molar-refractivity contribution < 1.29 is 38.5 Å². The van der Waals surface area contributed by atoms with E-state index in [2.05, 4.69) is 5.32 Å². The molecule has 9 heteroatoms. The van der Waals surface area contributed by atoms with Gasteiger partial charge in [-0.2, -0.15) is 0 Å². The van der Waals surface area contributed by atoms with E-state index in [0.29, 0.717) is 13.0 Å². The van der Waals surface area contributed by atoms with Crippen LogP contribution < -0.4 is 5.32 Å². The van der Waals surface area contributed by atoms with Gasteiger partial charge in [0.1, 0.15) is 6.04 Å². The first-order chi connectivity index (χ1) is 11.4. The fourth-order valence-corrected chi connectivity index (χ4v) is 2.33. The van der Waals surface area contributed by atoms with Crippen LogP contribution in [0.25, 0.3) is 0 Å². The summed E-state index contributed by atoms with van der Waals surface area (Å²) in [6.45, 7) is 3.88. The Morgan fingerprint density at radius 1 is 1.21 bits per heavy atom. The predicted molar refractivity (Wildman–Crippen MR) is 79.9 cm³/mol. The molecule has 3 atom stereocenters. The van der Waals surface area contributed by atoms with E-state index in [0.717, 1.165) is 0 Å². The molecule has 1 amide bonds. The topological polar surface area (TPSA) is 128 Å². The molecule has 2 N–H and O–H groups in total. The fourth-order valence-electron chi connectivity index (χ4n) is 2.33.